The molecule has 148 valence electrons. The van der Waals surface area contributed by atoms with E-state index in [9.17, 15) is 14.4 Å². The Hall–Kier alpha value is -0.720. The first-order valence-corrected chi connectivity index (χ1v) is 11.4. The van der Waals surface area contributed by atoms with Crippen LogP contribution in [0.2, 0.25) is 0 Å². The van der Waals surface area contributed by atoms with Crippen molar-refractivity contribution in [3.8, 4) is 11.5 Å². The van der Waals surface area contributed by atoms with E-state index < -0.39 is 16.4 Å². The molecular formula is C16H27NO7P2. The normalized spacial score (nSPS) is 17.5. The van der Waals surface area contributed by atoms with Crippen molar-refractivity contribution < 1.29 is 33.2 Å². The summed E-state index contributed by atoms with van der Waals surface area (Å²) in [4.78, 5) is 39.1. The summed E-state index contributed by atoms with van der Waals surface area (Å²) in [5.74, 6) is -0.164. The maximum atomic E-state index is 11.4. The number of hydrogen-bond donors (Lipinski definition) is 4. The van der Waals surface area contributed by atoms with Crippen LogP contribution in [-0.4, -0.2) is 43.6 Å². The van der Waals surface area contributed by atoms with Crippen molar-refractivity contribution >= 4 is 16.4 Å². The number of benzene rings is 1. The predicted octanol–water partition coefficient (Wildman–Crippen LogP) is 2.73. The fourth-order valence-corrected chi connectivity index (χ4v) is 4.28. The van der Waals surface area contributed by atoms with Crippen molar-refractivity contribution in [3.05, 3.63) is 23.3 Å². The van der Waals surface area contributed by atoms with Crippen molar-refractivity contribution in [1.29, 1.82) is 0 Å². The molecule has 1 atom stereocenters. The van der Waals surface area contributed by atoms with Gasteiger partial charge in [0.15, 0.2) is 11.5 Å². The van der Waals surface area contributed by atoms with Crippen LogP contribution in [0.4, 0.5) is 0 Å². The second-order valence-electron chi connectivity index (χ2n) is 6.39. The van der Waals surface area contributed by atoms with E-state index in [0.717, 1.165) is 44.3 Å². The van der Waals surface area contributed by atoms with E-state index in [4.69, 9.17) is 18.8 Å². The molecule has 26 heavy (non-hydrogen) atoms. The Morgan fingerprint density at radius 1 is 1.23 bits per heavy atom. The fourth-order valence-electron chi connectivity index (χ4n) is 3.52. The molecule has 1 aliphatic rings. The number of phosphoric ester groups is 1. The molecule has 0 saturated heterocycles. The molecule has 0 amide bonds. The first-order chi connectivity index (χ1) is 12.2. The standard InChI is InChI=1S/C16H27NO7P2/c1-3-9-17(10-4-2)13-6-7-14-12(11-13)5-8-15(23-25(18)19)16(14)24-26(20,21)22/h5,8,13,18-19H,3-4,6-7,9-11H2,1-2H3,(H2,20,21,22). The van der Waals surface area contributed by atoms with Gasteiger partial charge in [0, 0.05) is 11.6 Å². The number of hydrogen-bond acceptors (Lipinski definition) is 6. The molecule has 1 unspecified atom stereocenters. The zero-order chi connectivity index (χ0) is 19.3. The maximum absolute atomic E-state index is 11.4. The van der Waals surface area contributed by atoms with E-state index in [2.05, 4.69) is 18.7 Å². The molecule has 0 bridgehead atoms. The molecule has 0 aliphatic heterocycles. The van der Waals surface area contributed by atoms with Crippen LogP contribution < -0.4 is 9.05 Å². The minimum absolute atomic E-state index is 0.0689. The van der Waals surface area contributed by atoms with Crippen LogP contribution in [0.1, 0.15) is 44.2 Å². The van der Waals surface area contributed by atoms with Gasteiger partial charge >= 0.3 is 16.4 Å². The summed E-state index contributed by atoms with van der Waals surface area (Å²) in [5, 5.41) is 0. The van der Waals surface area contributed by atoms with Gasteiger partial charge in [-0.3, -0.25) is 9.79 Å². The van der Waals surface area contributed by atoms with E-state index in [1.165, 1.54) is 6.07 Å². The zero-order valence-corrected chi connectivity index (χ0v) is 16.8. The molecule has 10 heteroatoms. The summed E-state index contributed by atoms with van der Waals surface area (Å²) < 4.78 is 21.1. The highest BCUT2D eigenvalue weighted by molar-refractivity contribution is 7.46. The molecule has 8 nitrogen and oxygen atoms in total. The molecule has 0 radical (unpaired) electrons. The van der Waals surface area contributed by atoms with Gasteiger partial charge in [-0.25, -0.2) is 4.57 Å². The number of fused-ring (bicyclic) bond motifs is 1. The molecular weight excluding hydrogens is 380 g/mol. The number of phosphoric acid groups is 1. The molecule has 0 saturated carbocycles. The summed E-state index contributed by atoms with van der Waals surface area (Å²) in [7, 11) is -7.52. The van der Waals surface area contributed by atoms with Crippen molar-refractivity contribution in [2.75, 3.05) is 13.1 Å². The molecule has 2 rings (SSSR count). The third-order valence-corrected chi connectivity index (χ3v) is 5.21. The van der Waals surface area contributed by atoms with Gasteiger partial charge in [0.2, 0.25) is 0 Å². The van der Waals surface area contributed by atoms with Crippen molar-refractivity contribution in [2.45, 2.75) is 52.0 Å². The van der Waals surface area contributed by atoms with Crippen molar-refractivity contribution in [3.63, 3.8) is 0 Å². The van der Waals surface area contributed by atoms with E-state index >= 15 is 0 Å². The fraction of sp³-hybridized carbons (Fsp3) is 0.625. The maximum Gasteiger partial charge on any atom is 0.524 e. The number of nitrogens with zero attached hydrogens (tertiary/aromatic N) is 1. The van der Waals surface area contributed by atoms with Gasteiger partial charge in [-0.2, -0.15) is 0 Å². The first kappa shape index (κ1) is 21.6. The zero-order valence-electron chi connectivity index (χ0n) is 15.0. The molecule has 1 aliphatic carbocycles. The summed E-state index contributed by atoms with van der Waals surface area (Å²) >= 11 is 0. The Balaban J connectivity index is 2.33. The van der Waals surface area contributed by atoms with Gasteiger partial charge in [0.25, 0.3) is 0 Å². The van der Waals surface area contributed by atoms with Crippen LogP contribution in [0.5, 0.6) is 11.5 Å². The second-order valence-corrected chi connectivity index (χ2v) is 8.24. The lowest BCUT2D eigenvalue weighted by molar-refractivity contribution is 0.179. The van der Waals surface area contributed by atoms with Crippen LogP contribution >= 0.6 is 16.4 Å². The van der Waals surface area contributed by atoms with Crippen LogP contribution in [-0.2, 0) is 17.4 Å². The highest BCUT2D eigenvalue weighted by Gasteiger charge is 2.30. The minimum Gasteiger partial charge on any atom is -0.423 e. The van der Waals surface area contributed by atoms with Crippen LogP contribution in [0.3, 0.4) is 0 Å². The summed E-state index contributed by atoms with van der Waals surface area (Å²) in [6.45, 7) is 6.33. The molecule has 0 heterocycles. The summed E-state index contributed by atoms with van der Waals surface area (Å²) in [6, 6.07) is 3.64. The average Bonchev–Trinajstić information content (AvgIpc) is 2.55. The summed E-state index contributed by atoms with van der Waals surface area (Å²) in [6.07, 6.45) is 4.30. The first-order valence-electron chi connectivity index (χ1n) is 8.75. The van der Waals surface area contributed by atoms with Gasteiger partial charge < -0.3 is 23.7 Å². The van der Waals surface area contributed by atoms with Gasteiger partial charge in [0.05, 0.1) is 0 Å². The van der Waals surface area contributed by atoms with Gasteiger partial charge in [-0.1, -0.05) is 19.9 Å². The van der Waals surface area contributed by atoms with Gasteiger partial charge in [0.1, 0.15) is 0 Å². The Kier molecular flexibility index (Phi) is 7.86. The van der Waals surface area contributed by atoms with E-state index in [1.54, 1.807) is 6.07 Å². The number of rotatable bonds is 9. The van der Waals surface area contributed by atoms with E-state index in [-0.39, 0.29) is 11.5 Å². The molecule has 0 fully saturated rings. The Labute approximate surface area is 155 Å². The quantitative estimate of drug-likeness (QED) is 0.462. The molecule has 1 aromatic rings. The second kappa shape index (κ2) is 9.47. The third kappa shape index (κ3) is 5.89. The Morgan fingerprint density at radius 2 is 1.88 bits per heavy atom. The SMILES string of the molecule is CCCN(CCC)C1CCc2c(ccc(OP(O)O)c2OP(=O)(O)O)C1. The van der Waals surface area contributed by atoms with Crippen molar-refractivity contribution in [2.24, 2.45) is 0 Å². The smallest absolute Gasteiger partial charge is 0.423 e. The third-order valence-electron chi connectivity index (χ3n) is 4.43. The monoisotopic (exact) mass is 407 g/mol. The lowest BCUT2D eigenvalue weighted by Gasteiger charge is -2.35. The Morgan fingerprint density at radius 3 is 2.42 bits per heavy atom. The van der Waals surface area contributed by atoms with Gasteiger partial charge in [-0.05, 0) is 56.8 Å². The topological polar surface area (TPSA) is 120 Å². The van der Waals surface area contributed by atoms with Gasteiger partial charge in [-0.15, -0.1) is 0 Å². The molecule has 1 aromatic carbocycles. The van der Waals surface area contributed by atoms with Crippen LogP contribution in [0.15, 0.2) is 12.1 Å². The average molecular weight is 407 g/mol. The summed E-state index contributed by atoms with van der Waals surface area (Å²) in [5.41, 5.74) is 1.60. The van der Waals surface area contributed by atoms with E-state index in [1.807, 2.05) is 0 Å². The van der Waals surface area contributed by atoms with Crippen LogP contribution in [0.25, 0.3) is 0 Å². The molecule has 4 N–H and O–H groups in total. The minimum atomic E-state index is -4.81. The molecule has 0 aromatic heterocycles. The Bertz CT molecular complexity index is 644. The largest absolute Gasteiger partial charge is 0.524 e. The molecule has 0 spiro atoms. The highest BCUT2D eigenvalue weighted by atomic mass is 31.2. The van der Waals surface area contributed by atoms with Crippen LogP contribution in [0, 0.1) is 0 Å². The van der Waals surface area contributed by atoms with E-state index in [0.29, 0.717) is 18.0 Å². The highest BCUT2D eigenvalue weighted by Crippen LogP contribution is 2.49. The lowest BCUT2D eigenvalue weighted by atomic mass is 9.86. The lowest BCUT2D eigenvalue weighted by Crippen LogP contribution is -2.40. The predicted molar refractivity (Wildman–Crippen MR) is 99.1 cm³/mol. The van der Waals surface area contributed by atoms with Crippen molar-refractivity contribution in [1.82, 2.24) is 4.90 Å².